The van der Waals surface area contributed by atoms with Crippen LogP contribution in [0.15, 0.2) is 24.3 Å². The molecule has 104 valence electrons. The number of carbonyl (C=O) groups is 2. The molecule has 0 heterocycles. The molecule has 5 nitrogen and oxygen atoms in total. The fourth-order valence-electron chi connectivity index (χ4n) is 1.17. The molecule has 0 atom stereocenters. The van der Waals surface area contributed by atoms with E-state index in [0.717, 1.165) is 5.56 Å². The molecule has 0 aliphatic carbocycles. The molecular formula is C12H15ClN2O3S. The summed E-state index contributed by atoms with van der Waals surface area (Å²) in [6, 6.07) is 7.42. The van der Waals surface area contributed by atoms with Gasteiger partial charge in [0.25, 0.3) is 0 Å². The first-order valence-corrected chi connectivity index (χ1v) is 7.19. The first-order valence-electron chi connectivity index (χ1n) is 5.65. The number of thioether (sulfide) groups is 1. The fraction of sp³-hybridized carbons (Fsp3) is 0.333. The molecule has 0 aromatic heterocycles. The highest BCUT2D eigenvalue weighted by molar-refractivity contribution is 7.99. The fourth-order valence-corrected chi connectivity index (χ4v) is 2.08. The number of halogens is 1. The van der Waals surface area contributed by atoms with Crippen molar-refractivity contribution < 1.29 is 14.3 Å². The van der Waals surface area contributed by atoms with Crippen molar-refractivity contribution in [2.75, 3.05) is 12.4 Å². The molecule has 0 aliphatic heterocycles. The SMILES string of the molecule is CCOC(=O)NNC(=O)CSCc1ccc(Cl)cc1. The standard InChI is InChI=1S/C12H15ClN2O3S/c1-2-18-12(17)15-14-11(16)8-19-7-9-3-5-10(13)6-4-9/h3-6H,2,7-8H2,1H3,(H,14,16)(H,15,17). The van der Waals surface area contributed by atoms with Crippen molar-refractivity contribution in [3.63, 3.8) is 0 Å². The van der Waals surface area contributed by atoms with E-state index in [4.69, 9.17) is 11.6 Å². The average molecular weight is 303 g/mol. The molecule has 2 amide bonds. The summed E-state index contributed by atoms with van der Waals surface area (Å²) < 4.78 is 4.59. The Labute approximate surface area is 121 Å². The van der Waals surface area contributed by atoms with Gasteiger partial charge < -0.3 is 4.74 Å². The summed E-state index contributed by atoms with van der Waals surface area (Å²) in [4.78, 5) is 22.3. The number of nitrogens with one attached hydrogen (secondary N) is 2. The largest absolute Gasteiger partial charge is 0.449 e. The van der Waals surface area contributed by atoms with Gasteiger partial charge in [-0.1, -0.05) is 23.7 Å². The summed E-state index contributed by atoms with van der Waals surface area (Å²) in [5.74, 6) is 0.658. The third-order valence-corrected chi connectivity index (χ3v) is 3.25. The van der Waals surface area contributed by atoms with Crippen LogP contribution in [0.2, 0.25) is 5.02 Å². The Morgan fingerprint density at radius 3 is 2.58 bits per heavy atom. The summed E-state index contributed by atoms with van der Waals surface area (Å²) >= 11 is 7.21. The van der Waals surface area contributed by atoms with Crippen molar-refractivity contribution in [1.82, 2.24) is 10.9 Å². The highest BCUT2D eigenvalue weighted by Gasteiger charge is 2.04. The van der Waals surface area contributed by atoms with E-state index in [-0.39, 0.29) is 18.3 Å². The van der Waals surface area contributed by atoms with Gasteiger partial charge in [-0.05, 0) is 24.6 Å². The second-order valence-electron chi connectivity index (χ2n) is 3.51. The Morgan fingerprint density at radius 2 is 1.95 bits per heavy atom. The maximum absolute atomic E-state index is 11.4. The van der Waals surface area contributed by atoms with Crippen molar-refractivity contribution in [2.45, 2.75) is 12.7 Å². The van der Waals surface area contributed by atoms with E-state index in [0.29, 0.717) is 10.8 Å². The van der Waals surface area contributed by atoms with Gasteiger partial charge in [0.05, 0.1) is 12.4 Å². The lowest BCUT2D eigenvalue weighted by atomic mass is 10.2. The van der Waals surface area contributed by atoms with Crippen LogP contribution < -0.4 is 10.9 Å². The van der Waals surface area contributed by atoms with Gasteiger partial charge in [0.2, 0.25) is 5.91 Å². The third-order valence-electron chi connectivity index (χ3n) is 1.99. The van der Waals surface area contributed by atoms with Gasteiger partial charge in [-0.15, -0.1) is 11.8 Å². The minimum atomic E-state index is -0.668. The zero-order valence-corrected chi connectivity index (χ0v) is 12.0. The molecule has 1 aromatic carbocycles. The Kier molecular flexibility index (Phi) is 7.14. The quantitative estimate of drug-likeness (QED) is 0.819. The highest BCUT2D eigenvalue weighted by atomic mass is 35.5. The first kappa shape index (κ1) is 15.7. The predicted octanol–water partition coefficient (Wildman–Crippen LogP) is 2.35. The van der Waals surface area contributed by atoms with Crippen LogP contribution in [0.25, 0.3) is 0 Å². The number of benzene rings is 1. The molecule has 0 spiro atoms. The van der Waals surface area contributed by atoms with Gasteiger partial charge in [-0.2, -0.15) is 0 Å². The molecule has 0 saturated carbocycles. The molecule has 1 aromatic rings. The van der Waals surface area contributed by atoms with Crippen molar-refractivity contribution >= 4 is 35.4 Å². The van der Waals surface area contributed by atoms with Gasteiger partial charge in [-0.25, -0.2) is 10.2 Å². The Bertz CT molecular complexity index is 425. The summed E-state index contributed by atoms with van der Waals surface area (Å²) in [5.41, 5.74) is 5.49. The average Bonchev–Trinajstić information content (AvgIpc) is 2.39. The number of rotatable bonds is 5. The lowest BCUT2D eigenvalue weighted by Gasteiger charge is -2.07. The zero-order valence-electron chi connectivity index (χ0n) is 10.4. The van der Waals surface area contributed by atoms with Crippen molar-refractivity contribution in [1.29, 1.82) is 0 Å². The number of hydrogen-bond acceptors (Lipinski definition) is 4. The third kappa shape index (κ3) is 6.93. The second-order valence-corrected chi connectivity index (χ2v) is 4.93. The minimum absolute atomic E-state index is 0.245. The molecule has 0 radical (unpaired) electrons. The number of hydrogen-bond donors (Lipinski definition) is 2. The van der Waals surface area contributed by atoms with Crippen molar-refractivity contribution in [2.24, 2.45) is 0 Å². The van der Waals surface area contributed by atoms with E-state index in [1.165, 1.54) is 11.8 Å². The van der Waals surface area contributed by atoms with E-state index in [1.54, 1.807) is 19.1 Å². The van der Waals surface area contributed by atoms with Crippen molar-refractivity contribution in [3.05, 3.63) is 34.9 Å². The Morgan fingerprint density at radius 1 is 1.26 bits per heavy atom. The number of ether oxygens (including phenoxy) is 1. The summed E-state index contributed by atoms with van der Waals surface area (Å²) in [6.45, 7) is 1.94. The van der Waals surface area contributed by atoms with Gasteiger partial charge in [0.15, 0.2) is 0 Å². The topological polar surface area (TPSA) is 67.4 Å². The van der Waals surface area contributed by atoms with Gasteiger partial charge in [0, 0.05) is 10.8 Å². The van der Waals surface area contributed by atoms with Crippen LogP contribution in [-0.2, 0) is 15.3 Å². The molecule has 0 bridgehead atoms. The molecular weight excluding hydrogens is 288 g/mol. The summed E-state index contributed by atoms with van der Waals surface area (Å²) in [6.07, 6.45) is -0.668. The van der Waals surface area contributed by atoms with Crippen LogP contribution in [0.5, 0.6) is 0 Å². The zero-order chi connectivity index (χ0) is 14.1. The van der Waals surface area contributed by atoms with Crippen LogP contribution >= 0.6 is 23.4 Å². The van der Waals surface area contributed by atoms with Crippen LogP contribution in [-0.4, -0.2) is 24.4 Å². The first-order chi connectivity index (χ1) is 9.11. The maximum Gasteiger partial charge on any atom is 0.426 e. The van der Waals surface area contributed by atoms with Crippen molar-refractivity contribution in [3.8, 4) is 0 Å². The summed E-state index contributed by atoms with van der Waals surface area (Å²) in [7, 11) is 0. The molecule has 1 rings (SSSR count). The van der Waals surface area contributed by atoms with Crippen LogP contribution in [0, 0.1) is 0 Å². The number of hydrazine groups is 1. The Hall–Kier alpha value is -1.40. The van der Waals surface area contributed by atoms with Crippen LogP contribution in [0.1, 0.15) is 12.5 Å². The second kappa shape index (κ2) is 8.66. The molecule has 0 unspecified atom stereocenters. The minimum Gasteiger partial charge on any atom is -0.449 e. The summed E-state index contributed by atoms with van der Waals surface area (Å²) in [5, 5.41) is 0.685. The Balaban J connectivity index is 2.16. The van der Waals surface area contributed by atoms with Crippen LogP contribution in [0.3, 0.4) is 0 Å². The normalized spacial score (nSPS) is 9.79. The molecule has 7 heteroatoms. The highest BCUT2D eigenvalue weighted by Crippen LogP contribution is 2.15. The van der Waals surface area contributed by atoms with Gasteiger partial charge in [0.1, 0.15) is 0 Å². The lowest BCUT2D eigenvalue weighted by molar-refractivity contribution is -0.119. The van der Waals surface area contributed by atoms with E-state index in [1.807, 2.05) is 12.1 Å². The van der Waals surface area contributed by atoms with Gasteiger partial charge >= 0.3 is 6.09 Å². The predicted molar refractivity (Wildman–Crippen MR) is 75.9 cm³/mol. The lowest BCUT2D eigenvalue weighted by Crippen LogP contribution is -2.42. The van der Waals surface area contributed by atoms with Crippen LogP contribution in [0.4, 0.5) is 4.79 Å². The monoisotopic (exact) mass is 302 g/mol. The van der Waals surface area contributed by atoms with E-state index < -0.39 is 6.09 Å². The smallest absolute Gasteiger partial charge is 0.426 e. The van der Waals surface area contributed by atoms with Gasteiger partial charge in [-0.3, -0.25) is 10.2 Å². The number of carbonyl (C=O) groups excluding carboxylic acids is 2. The van der Waals surface area contributed by atoms with E-state index in [2.05, 4.69) is 15.6 Å². The van der Waals surface area contributed by atoms with E-state index >= 15 is 0 Å². The molecule has 0 aliphatic rings. The molecule has 0 saturated heterocycles. The number of amides is 2. The maximum atomic E-state index is 11.4. The van der Waals surface area contributed by atoms with E-state index in [9.17, 15) is 9.59 Å². The molecule has 19 heavy (non-hydrogen) atoms. The molecule has 2 N–H and O–H groups in total. The molecule has 0 fully saturated rings.